The first kappa shape index (κ1) is 23.7. The fourth-order valence-corrected chi connectivity index (χ4v) is 6.23. The summed E-state index contributed by atoms with van der Waals surface area (Å²) in [5.41, 5.74) is 3.44. The molecule has 3 heterocycles. The van der Waals surface area contributed by atoms with Gasteiger partial charge >= 0.3 is 0 Å². The fourth-order valence-electron chi connectivity index (χ4n) is 6.23. The average molecular weight is 472 g/mol. The Bertz CT molecular complexity index is 1150. The molecule has 184 valence electrons. The number of allylic oxidation sites excluding steroid dienone is 3. The molecule has 2 aliphatic heterocycles. The van der Waals surface area contributed by atoms with Crippen LogP contribution in [0.5, 0.6) is 0 Å². The average Bonchev–Trinajstić information content (AvgIpc) is 3.54. The first-order chi connectivity index (χ1) is 17.0. The van der Waals surface area contributed by atoms with E-state index in [9.17, 15) is 9.59 Å². The number of benzene rings is 1. The Morgan fingerprint density at radius 3 is 2.69 bits per heavy atom. The van der Waals surface area contributed by atoms with Crippen molar-refractivity contribution in [3.63, 3.8) is 0 Å². The van der Waals surface area contributed by atoms with Crippen molar-refractivity contribution < 1.29 is 9.59 Å². The molecular formula is C30H37N3O2. The molecule has 1 aliphatic carbocycles. The summed E-state index contributed by atoms with van der Waals surface area (Å²) in [6.45, 7) is 5.94. The molecule has 0 spiro atoms. The third-order valence-corrected chi connectivity index (χ3v) is 8.19. The maximum atomic E-state index is 14.0. The maximum Gasteiger partial charge on any atom is 0.270 e. The molecule has 0 radical (unpaired) electrons. The molecule has 35 heavy (non-hydrogen) atoms. The van der Waals surface area contributed by atoms with E-state index in [2.05, 4.69) is 65.1 Å². The van der Waals surface area contributed by atoms with Gasteiger partial charge in [-0.25, -0.2) is 0 Å². The van der Waals surface area contributed by atoms with E-state index in [0.29, 0.717) is 11.3 Å². The zero-order valence-electron chi connectivity index (χ0n) is 21.0. The van der Waals surface area contributed by atoms with Crippen LogP contribution in [0.1, 0.15) is 90.5 Å². The molecule has 3 aliphatic rings. The predicted molar refractivity (Wildman–Crippen MR) is 139 cm³/mol. The van der Waals surface area contributed by atoms with E-state index in [4.69, 9.17) is 0 Å². The number of hydrogen-bond donors (Lipinski definition) is 1. The molecule has 5 heteroatoms. The summed E-state index contributed by atoms with van der Waals surface area (Å²) in [6, 6.07) is 12.1. The predicted octanol–water partition coefficient (Wildman–Crippen LogP) is 5.83. The fraction of sp³-hybridized carbons (Fsp3) is 0.467. The van der Waals surface area contributed by atoms with Crippen molar-refractivity contribution in [2.24, 2.45) is 5.41 Å². The van der Waals surface area contributed by atoms with Gasteiger partial charge in [-0.2, -0.15) is 0 Å². The minimum absolute atomic E-state index is 0.0392. The largest absolute Gasteiger partial charge is 0.345 e. The summed E-state index contributed by atoms with van der Waals surface area (Å²) in [6.07, 6.45) is 15.4. The van der Waals surface area contributed by atoms with Gasteiger partial charge in [0.15, 0.2) is 0 Å². The van der Waals surface area contributed by atoms with E-state index in [1.165, 1.54) is 0 Å². The zero-order valence-corrected chi connectivity index (χ0v) is 21.0. The van der Waals surface area contributed by atoms with E-state index in [0.717, 1.165) is 69.3 Å². The minimum Gasteiger partial charge on any atom is -0.345 e. The summed E-state index contributed by atoms with van der Waals surface area (Å²) in [7, 11) is 0. The summed E-state index contributed by atoms with van der Waals surface area (Å²) in [5, 5.41) is 3.24. The van der Waals surface area contributed by atoms with Crippen molar-refractivity contribution in [3.8, 4) is 0 Å². The van der Waals surface area contributed by atoms with Crippen LogP contribution >= 0.6 is 0 Å². The van der Waals surface area contributed by atoms with Crippen LogP contribution in [0.3, 0.4) is 0 Å². The molecular weight excluding hydrogens is 434 g/mol. The van der Waals surface area contributed by atoms with Gasteiger partial charge < -0.3 is 14.8 Å². The standard InChI is InChI=1S/C30H37N3O2/c1-3-24(22-13-6-4-7-14-22)31-28(34)23-21-26(32-19-11-8-15-25(23)32)29(35)33-20-12-16-27(33)30(2)17-9-5-10-18-30/h4-7,9-10,13-14,17,21,24,27H,3,8,11-12,15-16,18-20H2,1-2H3,(H,31,34)/t24-,27+,30?/m1/s1. The van der Waals surface area contributed by atoms with E-state index >= 15 is 0 Å². The van der Waals surface area contributed by atoms with Crippen LogP contribution in [0.2, 0.25) is 0 Å². The monoisotopic (exact) mass is 471 g/mol. The van der Waals surface area contributed by atoms with Crippen LogP contribution < -0.4 is 5.32 Å². The molecule has 2 amide bonds. The molecule has 1 unspecified atom stereocenters. The van der Waals surface area contributed by atoms with E-state index in [1.54, 1.807) is 0 Å². The lowest BCUT2D eigenvalue weighted by Gasteiger charge is -2.39. The van der Waals surface area contributed by atoms with Gasteiger partial charge in [-0.05, 0) is 56.6 Å². The lowest BCUT2D eigenvalue weighted by Crippen LogP contribution is -2.45. The Balaban J connectivity index is 1.43. The van der Waals surface area contributed by atoms with Gasteiger partial charge in [0.1, 0.15) is 5.69 Å². The summed E-state index contributed by atoms with van der Waals surface area (Å²) in [5.74, 6) is 0.00432. The van der Waals surface area contributed by atoms with Gasteiger partial charge in [-0.15, -0.1) is 0 Å². The highest BCUT2D eigenvalue weighted by Crippen LogP contribution is 2.40. The number of carbonyl (C=O) groups excluding carboxylic acids is 2. The molecule has 3 atom stereocenters. The van der Waals surface area contributed by atoms with Gasteiger partial charge in [0.2, 0.25) is 0 Å². The highest BCUT2D eigenvalue weighted by Gasteiger charge is 2.42. The van der Waals surface area contributed by atoms with Gasteiger partial charge in [0.05, 0.1) is 11.6 Å². The Hall–Kier alpha value is -3.08. The Labute approximate surface area is 208 Å². The molecule has 1 N–H and O–H groups in total. The molecule has 5 rings (SSSR count). The SMILES string of the molecule is CC[C@@H](NC(=O)c1cc(C(=O)N2CCC[C@H]2C2(C)C=CC=CC2)n2c1CCCC2)c1ccccc1. The summed E-state index contributed by atoms with van der Waals surface area (Å²) in [4.78, 5) is 29.6. The van der Waals surface area contributed by atoms with Crippen LogP contribution in [0.25, 0.3) is 0 Å². The van der Waals surface area contributed by atoms with Crippen molar-refractivity contribution in [2.75, 3.05) is 6.54 Å². The van der Waals surface area contributed by atoms with Crippen molar-refractivity contribution >= 4 is 11.8 Å². The number of nitrogens with zero attached hydrogens (tertiary/aromatic N) is 2. The van der Waals surface area contributed by atoms with Gasteiger partial charge in [-0.3, -0.25) is 9.59 Å². The molecule has 1 aromatic heterocycles. The Kier molecular flexibility index (Phi) is 6.68. The van der Waals surface area contributed by atoms with Gasteiger partial charge in [0.25, 0.3) is 11.8 Å². The summed E-state index contributed by atoms with van der Waals surface area (Å²) >= 11 is 0. The molecule has 2 aromatic rings. The maximum absolute atomic E-state index is 14.0. The van der Waals surface area contributed by atoms with Crippen molar-refractivity contribution in [1.29, 1.82) is 0 Å². The quantitative estimate of drug-likeness (QED) is 0.576. The highest BCUT2D eigenvalue weighted by molar-refractivity contribution is 6.01. The first-order valence-corrected chi connectivity index (χ1v) is 13.3. The molecule has 1 saturated heterocycles. The highest BCUT2D eigenvalue weighted by atomic mass is 16.2. The molecule has 1 aromatic carbocycles. The second-order valence-electron chi connectivity index (χ2n) is 10.5. The Morgan fingerprint density at radius 2 is 1.94 bits per heavy atom. The number of hydrogen-bond acceptors (Lipinski definition) is 2. The number of nitrogens with one attached hydrogen (secondary N) is 1. The minimum atomic E-state index is -0.0734. The van der Waals surface area contributed by atoms with E-state index in [-0.39, 0.29) is 29.3 Å². The molecule has 0 saturated carbocycles. The Morgan fingerprint density at radius 1 is 1.11 bits per heavy atom. The lowest BCUT2D eigenvalue weighted by molar-refractivity contribution is 0.0627. The van der Waals surface area contributed by atoms with Crippen LogP contribution in [0.15, 0.2) is 60.7 Å². The van der Waals surface area contributed by atoms with Crippen molar-refractivity contribution in [1.82, 2.24) is 14.8 Å². The number of rotatable bonds is 6. The smallest absolute Gasteiger partial charge is 0.270 e. The number of likely N-dealkylation sites (tertiary alicyclic amines) is 1. The van der Waals surface area contributed by atoms with Gasteiger partial charge in [-0.1, -0.05) is 68.5 Å². The molecule has 1 fully saturated rings. The topological polar surface area (TPSA) is 54.3 Å². The number of carbonyl (C=O) groups is 2. The second kappa shape index (κ2) is 9.88. The van der Waals surface area contributed by atoms with Crippen molar-refractivity contribution in [3.05, 3.63) is 83.2 Å². The van der Waals surface area contributed by atoms with Crippen LogP contribution in [0.4, 0.5) is 0 Å². The molecule has 0 bridgehead atoms. The van der Waals surface area contributed by atoms with Crippen LogP contribution in [-0.2, 0) is 13.0 Å². The van der Waals surface area contributed by atoms with Crippen LogP contribution in [-0.4, -0.2) is 33.9 Å². The number of amides is 2. The lowest BCUT2D eigenvalue weighted by atomic mass is 9.76. The molecule has 5 nitrogen and oxygen atoms in total. The normalized spacial score (nSPS) is 24.3. The van der Waals surface area contributed by atoms with E-state index in [1.807, 2.05) is 24.3 Å². The first-order valence-electron chi connectivity index (χ1n) is 13.3. The summed E-state index contributed by atoms with van der Waals surface area (Å²) < 4.78 is 2.14. The number of aromatic nitrogens is 1. The van der Waals surface area contributed by atoms with Gasteiger partial charge in [0, 0.05) is 30.2 Å². The zero-order chi connectivity index (χ0) is 24.4. The third-order valence-electron chi connectivity index (χ3n) is 8.19. The second-order valence-corrected chi connectivity index (χ2v) is 10.5. The van der Waals surface area contributed by atoms with E-state index < -0.39 is 0 Å². The third kappa shape index (κ3) is 4.49. The van der Waals surface area contributed by atoms with Crippen molar-refractivity contribution in [2.45, 2.75) is 77.4 Å². The van der Waals surface area contributed by atoms with Crippen LogP contribution in [0, 0.1) is 5.41 Å². The number of fused-ring (bicyclic) bond motifs is 1.